The first-order valence-electron chi connectivity index (χ1n) is 5.62. The van der Waals surface area contributed by atoms with Crippen LogP contribution >= 0.6 is 15.9 Å². The van der Waals surface area contributed by atoms with E-state index < -0.39 is 17.9 Å². The number of hydrogen-bond acceptors (Lipinski definition) is 5. The second-order valence-corrected chi connectivity index (χ2v) is 4.73. The molecule has 0 saturated heterocycles. The van der Waals surface area contributed by atoms with E-state index >= 15 is 0 Å². The lowest BCUT2D eigenvalue weighted by Crippen LogP contribution is -2.41. The number of phenols is 1. The van der Waals surface area contributed by atoms with Gasteiger partial charge in [0.15, 0.2) is 11.5 Å². The lowest BCUT2D eigenvalue weighted by Gasteiger charge is -2.22. The lowest BCUT2D eigenvalue weighted by molar-refractivity contribution is -0.174. The standard InChI is InChI=1S/C12H14BrF2NO4/c1-3-20-11(18)12(14,15)10(16)6-4-7(13)9(17)8(5-6)19-2/h4-5,10,17H,3,16H2,1-2H3/t10-/m1/s1. The first kappa shape index (κ1) is 16.6. The predicted molar refractivity (Wildman–Crippen MR) is 70.9 cm³/mol. The highest BCUT2D eigenvalue weighted by atomic mass is 79.9. The van der Waals surface area contributed by atoms with Crippen LogP contribution in [0.25, 0.3) is 0 Å². The van der Waals surface area contributed by atoms with Crippen LogP contribution in [0.15, 0.2) is 16.6 Å². The van der Waals surface area contributed by atoms with Crippen LogP contribution in [0.4, 0.5) is 8.78 Å². The summed E-state index contributed by atoms with van der Waals surface area (Å²) < 4.78 is 36.9. The lowest BCUT2D eigenvalue weighted by atomic mass is 10.0. The van der Waals surface area contributed by atoms with Gasteiger partial charge in [-0.3, -0.25) is 0 Å². The number of aromatic hydroxyl groups is 1. The van der Waals surface area contributed by atoms with Crippen LogP contribution in [0, 0.1) is 0 Å². The van der Waals surface area contributed by atoms with E-state index in [0.717, 1.165) is 6.07 Å². The Morgan fingerprint density at radius 2 is 2.15 bits per heavy atom. The molecule has 0 aliphatic rings. The molecule has 112 valence electrons. The third-order valence-electron chi connectivity index (χ3n) is 2.57. The Bertz CT molecular complexity index is 510. The number of benzene rings is 1. The smallest absolute Gasteiger partial charge is 0.379 e. The minimum absolute atomic E-state index is 0.0375. The molecule has 1 atom stereocenters. The number of alkyl halides is 2. The van der Waals surface area contributed by atoms with Crippen molar-refractivity contribution in [1.82, 2.24) is 0 Å². The summed E-state index contributed by atoms with van der Waals surface area (Å²) in [5, 5.41) is 9.61. The maximum absolute atomic E-state index is 13.8. The fourth-order valence-electron chi connectivity index (χ4n) is 1.49. The molecule has 0 radical (unpaired) electrons. The summed E-state index contributed by atoms with van der Waals surface area (Å²) in [4.78, 5) is 11.2. The van der Waals surface area contributed by atoms with Gasteiger partial charge in [0, 0.05) is 0 Å². The zero-order valence-electron chi connectivity index (χ0n) is 10.8. The van der Waals surface area contributed by atoms with E-state index in [1.807, 2.05) is 0 Å². The zero-order chi connectivity index (χ0) is 15.5. The average molecular weight is 354 g/mol. The van der Waals surface area contributed by atoms with Crippen molar-refractivity contribution in [3.05, 3.63) is 22.2 Å². The van der Waals surface area contributed by atoms with Gasteiger partial charge in [0.05, 0.1) is 18.2 Å². The first-order chi connectivity index (χ1) is 9.25. The number of carbonyl (C=O) groups is 1. The van der Waals surface area contributed by atoms with E-state index in [-0.39, 0.29) is 28.1 Å². The molecule has 20 heavy (non-hydrogen) atoms. The number of nitrogens with two attached hydrogens (primary N) is 1. The van der Waals surface area contributed by atoms with Gasteiger partial charge in [-0.15, -0.1) is 0 Å². The van der Waals surface area contributed by atoms with E-state index in [1.54, 1.807) is 0 Å². The van der Waals surface area contributed by atoms with Gasteiger partial charge in [0.2, 0.25) is 0 Å². The summed E-state index contributed by atoms with van der Waals surface area (Å²) in [6.45, 7) is 1.24. The third kappa shape index (κ3) is 3.18. The number of ether oxygens (including phenoxy) is 2. The monoisotopic (exact) mass is 353 g/mol. The van der Waals surface area contributed by atoms with Crippen molar-refractivity contribution in [2.75, 3.05) is 13.7 Å². The molecular formula is C12H14BrF2NO4. The summed E-state index contributed by atoms with van der Waals surface area (Å²) in [6.07, 6.45) is 0. The molecule has 8 heteroatoms. The molecule has 5 nitrogen and oxygen atoms in total. The van der Waals surface area contributed by atoms with Crippen LogP contribution in [0.1, 0.15) is 18.5 Å². The topological polar surface area (TPSA) is 81.8 Å². The van der Waals surface area contributed by atoms with Crippen molar-refractivity contribution in [1.29, 1.82) is 0 Å². The zero-order valence-corrected chi connectivity index (χ0v) is 12.4. The molecule has 0 aliphatic heterocycles. The summed E-state index contributed by atoms with van der Waals surface area (Å²) in [5.74, 6) is -5.87. The maximum Gasteiger partial charge on any atom is 0.379 e. The molecule has 1 aromatic carbocycles. The fraction of sp³-hybridized carbons (Fsp3) is 0.417. The molecule has 1 rings (SSSR count). The van der Waals surface area contributed by atoms with Crippen LogP contribution in [0.3, 0.4) is 0 Å². The predicted octanol–water partition coefficient (Wildman–Crippen LogP) is 2.36. The minimum atomic E-state index is -3.89. The molecule has 0 spiro atoms. The van der Waals surface area contributed by atoms with Gasteiger partial charge in [-0.1, -0.05) is 0 Å². The van der Waals surface area contributed by atoms with Crippen molar-refractivity contribution in [2.24, 2.45) is 5.73 Å². The number of methoxy groups -OCH3 is 1. The number of rotatable bonds is 5. The van der Waals surface area contributed by atoms with E-state index in [0.29, 0.717) is 0 Å². The molecule has 0 bridgehead atoms. The highest BCUT2D eigenvalue weighted by Gasteiger charge is 2.48. The Balaban J connectivity index is 3.17. The molecule has 0 heterocycles. The maximum atomic E-state index is 13.8. The Hall–Kier alpha value is -1.41. The molecule has 0 fully saturated rings. The van der Waals surface area contributed by atoms with E-state index in [9.17, 15) is 18.7 Å². The van der Waals surface area contributed by atoms with E-state index in [2.05, 4.69) is 20.7 Å². The molecule has 3 N–H and O–H groups in total. The van der Waals surface area contributed by atoms with Crippen molar-refractivity contribution in [3.63, 3.8) is 0 Å². The molecule has 1 aromatic rings. The normalized spacial score (nSPS) is 12.9. The van der Waals surface area contributed by atoms with Gasteiger partial charge in [-0.05, 0) is 40.5 Å². The van der Waals surface area contributed by atoms with Gasteiger partial charge < -0.3 is 20.3 Å². The SMILES string of the molecule is CCOC(=O)C(F)(F)[C@H](N)c1cc(Br)c(O)c(OC)c1. The Morgan fingerprint density at radius 1 is 1.55 bits per heavy atom. The van der Waals surface area contributed by atoms with Crippen molar-refractivity contribution >= 4 is 21.9 Å². The molecule has 0 unspecified atom stereocenters. The van der Waals surface area contributed by atoms with Gasteiger partial charge in [0.25, 0.3) is 0 Å². The first-order valence-corrected chi connectivity index (χ1v) is 6.42. The average Bonchev–Trinajstić information content (AvgIpc) is 2.41. The van der Waals surface area contributed by atoms with Gasteiger partial charge in [-0.25, -0.2) is 4.79 Å². The summed E-state index contributed by atoms with van der Waals surface area (Å²) in [6, 6.07) is 0.403. The molecule has 0 aromatic heterocycles. The number of hydrogen-bond donors (Lipinski definition) is 2. The third-order valence-corrected chi connectivity index (χ3v) is 3.17. The number of esters is 1. The van der Waals surface area contributed by atoms with Crippen LogP contribution in [0.2, 0.25) is 0 Å². The number of phenolic OH excluding ortho intramolecular Hbond substituents is 1. The van der Waals surface area contributed by atoms with Gasteiger partial charge in [0.1, 0.15) is 6.04 Å². The second kappa shape index (κ2) is 6.36. The Kier molecular flexibility index (Phi) is 5.29. The van der Waals surface area contributed by atoms with E-state index in [4.69, 9.17) is 10.5 Å². The highest BCUT2D eigenvalue weighted by Crippen LogP contribution is 2.39. The Labute approximate surface area is 122 Å². The molecule has 0 aliphatic carbocycles. The van der Waals surface area contributed by atoms with Gasteiger partial charge >= 0.3 is 11.9 Å². The summed E-state index contributed by atoms with van der Waals surface area (Å²) in [7, 11) is 1.26. The second-order valence-electron chi connectivity index (χ2n) is 3.87. The minimum Gasteiger partial charge on any atom is -0.503 e. The van der Waals surface area contributed by atoms with Crippen LogP contribution in [0.5, 0.6) is 11.5 Å². The fourth-order valence-corrected chi connectivity index (χ4v) is 1.95. The molecule has 0 amide bonds. The van der Waals surface area contributed by atoms with Crippen molar-refractivity contribution in [3.8, 4) is 11.5 Å². The van der Waals surface area contributed by atoms with Crippen LogP contribution < -0.4 is 10.5 Å². The molecular weight excluding hydrogens is 340 g/mol. The quantitative estimate of drug-likeness (QED) is 0.794. The summed E-state index contributed by atoms with van der Waals surface area (Å²) in [5.41, 5.74) is 5.36. The largest absolute Gasteiger partial charge is 0.503 e. The van der Waals surface area contributed by atoms with Crippen molar-refractivity contribution < 1.29 is 28.2 Å². The van der Waals surface area contributed by atoms with E-state index in [1.165, 1.54) is 20.1 Å². The number of carbonyl (C=O) groups excluding carboxylic acids is 1. The Morgan fingerprint density at radius 3 is 2.65 bits per heavy atom. The highest BCUT2D eigenvalue weighted by molar-refractivity contribution is 9.10. The van der Waals surface area contributed by atoms with Gasteiger partial charge in [-0.2, -0.15) is 8.78 Å². The van der Waals surface area contributed by atoms with Crippen LogP contribution in [-0.4, -0.2) is 30.7 Å². The number of halogens is 3. The summed E-state index contributed by atoms with van der Waals surface area (Å²) >= 11 is 2.99. The molecule has 0 saturated carbocycles. The van der Waals surface area contributed by atoms with Crippen LogP contribution in [-0.2, 0) is 9.53 Å². The van der Waals surface area contributed by atoms with Crippen molar-refractivity contribution in [2.45, 2.75) is 18.9 Å².